The van der Waals surface area contributed by atoms with Crippen LogP contribution in [0.3, 0.4) is 0 Å². The number of hydrogen-bond acceptors (Lipinski definition) is 10. The van der Waals surface area contributed by atoms with Gasteiger partial charge in [0.2, 0.25) is 0 Å². The van der Waals surface area contributed by atoms with Crippen molar-refractivity contribution < 1.29 is 84.2 Å². The Morgan fingerprint density at radius 1 is 1.18 bits per heavy atom. The van der Waals surface area contributed by atoms with E-state index in [1.165, 1.54) is 0 Å². The number of amides is 3. The molecule has 0 radical (unpaired) electrons. The quantitative estimate of drug-likeness (QED) is 0.111. The van der Waals surface area contributed by atoms with E-state index < -0.39 is 112 Å². The summed E-state index contributed by atoms with van der Waals surface area (Å²) in [5.74, 6) is -2.64. The Bertz CT molecular complexity index is 1120. The second-order valence-electron chi connectivity index (χ2n) is 9.93. The van der Waals surface area contributed by atoms with Gasteiger partial charge in [-0.1, -0.05) is 6.92 Å². The molecule has 1 fully saturated rings. The normalized spacial score (nSPS) is 27.4. The summed E-state index contributed by atoms with van der Waals surface area (Å²) in [5.41, 5.74) is 5.70. The predicted molar refractivity (Wildman–Crippen MR) is 130 cm³/mol. The molecule has 0 saturated carbocycles. The number of aliphatic hydroxyl groups excluding tert-OH is 3. The number of rotatable bonds is 12. The number of urea groups is 1. The van der Waals surface area contributed by atoms with Crippen molar-refractivity contribution in [3.8, 4) is 0 Å². The van der Waals surface area contributed by atoms with E-state index in [1.807, 2.05) is 5.32 Å². The summed E-state index contributed by atoms with van der Waals surface area (Å²) < 4.78 is 122. The Balaban J connectivity index is 2.44. The van der Waals surface area contributed by atoms with Gasteiger partial charge in [-0.15, -0.1) is 0 Å². The van der Waals surface area contributed by atoms with Gasteiger partial charge in [-0.05, 0) is 13.3 Å². The lowest BCUT2D eigenvalue weighted by Crippen LogP contribution is -2.65. The maximum absolute atomic E-state index is 15.6. The van der Waals surface area contributed by atoms with Gasteiger partial charge in [-0.3, -0.25) is 19.7 Å². The zero-order valence-electron chi connectivity index (χ0n) is 23.0. The van der Waals surface area contributed by atoms with E-state index in [4.69, 9.17) is 19.9 Å². The Labute approximate surface area is 244 Å². The predicted octanol–water partition coefficient (Wildman–Crippen LogP) is 0.559. The molecule has 2 aliphatic rings. The lowest BCUT2D eigenvalue weighted by atomic mass is 10.0. The third-order valence-corrected chi connectivity index (χ3v) is 8.27. The molecule has 2 rings (SSSR count). The van der Waals surface area contributed by atoms with Gasteiger partial charge in [0.1, 0.15) is 24.1 Å². The van der Waals surface area contributed by atoms with Crippen LogP contribution in [0.1, 0.15) is 26.7 Å². The maximum Gasteiger partial charge on any atom is 0.409 e. The monoisotopic (exact) mass is 680 g/mol. The van der Waals surface area contributed by atoms with Crippen LogP contribution in [-0.2, 0) is 18.8 Å². The summed E-state index contributed by atoms with van der Waals surface area (Å²) >= 11 is 0. The average Bonchev–Trinajstić information content (AvgIpc) is 3.17. The van der Waals surface area contributed by atoms with Crippen LogP contribution in [0.5, 0.6) is 0 Å². The zero-order chi connectivity index (χ0) is 34.0. The Morgan fingerprint density at radius 3 is 2.23 bits per heavy atom. The number of alkyl halides is 6. The maximum atomic E-state index is 15.6. The van der Waals surface area contributed by atoms with Crippen molar-refractivity contribution >= 4 is 19.7 Å². The Hall–Kier alpha value is -2.46. The third-order valence-electron chi connectivity index (χ3n) is 6.61. The van der Waals surface area contributed by atoms with Gasteiger partial charge in [0.15, 0.2) is 23.4 Å². The first-order valence-corrected chi connectivity index (χ1v) is 14.3. The summed E-state index contributed by atoms with van der Waals surface area (Å²) in [6, 6.07) is -1.46. The molecule has 2 aliphatic heterocycles. The van der Waals surface area contributed by atoms with Gasteiger partial charge in [-0.25, -0.2) is 14.0 Å². The topological polar surface area (TPSA) is 225 Å². The van der Waals surface area contributed by atoms with E-state index >= 15 is 4.39 Å². The minimum atomic E-state index is -6.63. The van der Waals surface area contributed by atoms with Crippen LogP contribution in [-0.4, -0.2) is 128 Å². The van der Waals surface area contributed by atoms with Gasteiger partial charge in [-0.2, -0.15) is 26.3 Å². The molecule has 0 aromatic carbocycles. The summed E-state index contributed by atoms with van der Waals surface area (Å²) in [5, 5.41) is 27.2. The van der Waals surface area contributed by atoms with Crippen molar-refractivity contribution in [2.45, 2.75) is 81.0 Å². The SMILES string of the molecule is CCCOC(=O)NC1C(F)=C(N)N(CC(C)OC[C@](CC(F)(F)F)(C(F)(F)F)P(=O)(O)O)C(=O)N1C1O[C@H](CO)[C@@H](O)[C@H]1O. The molecule has 44 heavy (non-hydrogen) atoms. The highest BCUT2D eigenvalue weighted by atomic mass is 31.2. The number of nitrogens with two attached hydrogens (primary N) is 1. The first kappa shape index (κ1) is 37.7. The number of alkyl carbamates (subject to hydrolysis) is 1. The lowest BCUT2D eigenvalue weighted by Gasteiger charge is -2.44. The molecule has 0 aromatic heterocycles. The number of nitrogens with zero attached hydrogens (tertiary/aromatic N) is 2. The van der Waals surface area contributed by atoms with Crippen molar-refractivity contribution in [1.82, 2.24) is 15.1 Å². The first-order chi connectivity index (χ1) is 20.0. The highest BCUT2D eigenvalue weighted by Crippen LogP contribution is 2.62. The molecule has 15 nitrogen and oxygen atoms in total. The van der Waals surface area contributed by atoms with Gasteiger partial charge in [0, 0.05) is 0 Å². The van der Waals surface area contributed by atoms with Crippen LogP contribution in [0.25, 0.3) is 0 Å². The molecule has 3 amide bonds. The van der Waals surface area contributed by atoms with Crippen molar-refractivity contribution in [3.63, 3.8) is 0 Å². The van der Waals surface area contributed by atoms with Crippen LogP contribution in [0.2, 0.25) is 0 Å². The highest BCUT2D eigenvalue weighted by molar-refractivity contribution is 7.53. The Morgan fingerprint density at radius 2 is 1.77 bits per heavy atom. The molecule has 0 spiro atoms. The van der Waals surface area contributed by atoms with Crippen LogP contribution >= 0.6 is 7.60 Å². The zero-order valence-corrected chi connectivity index (χ0v) is 23.9. The van der Waals surface area contributed by atoms with Crippen molar-refractivity contribution in [2.75, 3.05) is 26.4 Å². The van der Waals surface area contributed by atoms with Gasteiger partial charge in [0.25, 0.3) is 0 Å². The van der Waals surface area contributed by atoms with Crippen molar-refractivity contribution in [1.29, 1.82) is 0 Å². The molecular weight excluding hydrogens is 648 g/mol. The van der Waals surface area contributed by atoms with E-state index in [0.717, 1.165) is 6.92 Å². The van der Waals surface area contributed by atoms with E-state index in [2.05, 4.69) is 0 Å². The molecule has 8 N–H and O–H groups in total. The number of aliphatic hydroxyl groups is 3. The molecule has 2 heterocycles. The summed E-state index contributed by atoms with van der Waals surface area (Å²) in [6.07, 6.45) is -27.3. The standard InChI is InChI=1S/C21H32F7N4O11P/c1-3-4-41-17(36)30-15-11(22)14(29)31(18(37)32(15)16-13(35)12(34)10(6-33)43-16)5-9(2)42-8-19(21(26,27)28,44(38,39)40)7-20(23,24)25/h9-10,12-13,15-16,33-35H,3-8,29H2,1-2H3,(H,30,36)(H2,38,39,40)/t9?,10-,12-,13-,15?,16?,19-/m1/s1. The van der Waals surface area contributed by atoms with Gasteiger partial charge in [0.05, 0.1) is 38.9 Å². The summed E-state index contributed by atoms with van der Waals surface area (Å²) in [4.78, 5) is 44.9. The number of carbonyl (C=O) groups is 2. The molecule has 0 aromatic rings. The minimum absolute atomic E-state index is 0.162. The molecular formula is C21H32F7N4O11P. The van der Waals surface area contributed by atoms with E-state index in [1.54, 1.807) is 6.92 Å². The summed E-state index contributed by atoms with van der Waals surface area (Å²) in [6.45, 7) is -1.90. The third kappa shape index (κ3) is 8.03. The van der Waals surface area contributed by atoms with Crippen molar-refractivity contribution in [3.05, 3.63) is 11.6 Å². The number of nitrogens with one attached hydrogen (secondary N) is 1. The Kier molecular flexibility index (Phi) is 11.9. The molecule has 3 unspecified atom stereocenters. The number of halogens is 7. The second kappa shape index (κ2) is 13.9. The first-order valence-electron chi connectivity index (χ1n) is 12.6. The van der Waals surface area contributed by atoms with Crippen LogP contribution in [0.15, 0.2) is 11.6 Å². The fraction of sp³-hybridized carbons (Fsp3) is 0.810. The summed E-state index contributed by atoms with van der Waals surface area (Å²) in [7, 11) is -6.63. The second-order valence-corrected chi connectivity index (χ2v) is 11.9. The molecule has 0 bridgehead atoms. The van der Waals surface area contributed by atoms with Gasteiger partial charge < -0.3 is 45.1 Å². The van der Waals surface area contributed by atoms with Crippen LogP contribution in [0, 0.1) is 0 Å². The highest BCUT2D eigenvalue weighted by Gasteiger charge is 2.69. The van der Waals surface area contributed by atoms with Crippen LogP contribution < -0.4 is 11.1 Å². The number of ether oxygens (including phenoxy) is 3. The fourth-order valence-electron chi connectivity index (χ4n) is 4.27. The van der Waals surface area contributed by atoms with E-state index in [0.29, 0.717) is 11.3 Å². The lowest BCUT2D eigenvalue weighted by molar-refractivity contribution is -0.223. The molecule has 23 heteroatoms. The smallest absolute Gasteiger partial charge is 0.409 e. The number of carbonyl (C=O) groups excluding carboxylic acids is 2. The average molecular weight is 680 g/mol. The van der Waals surface area contributed by atoms with E-state index in [9.17, 15) is 65.6 Å². The minimum Gasteiger partial charge on any atom is -0.450 e. The molecule has 1 saturated heterocycles. The molecule has 256 valence electrons. The molecule has 7 atom stereocenters. The number of hydrogen-bond donors (Lipinski definition) is 7. The van der Waals surface area contributed by atoms with Crippen LogP contribution in [0.4, 0.5) is 40.3 Å². The van der Waals surface area contributed by atoms with Crippen molar-refractivity contribution in [2.24, 2.45) is 5.73 Å². The van der Waals surface area contributed by atoms with E-state index in [-0.39, 0.29) is 11.5 Å². The van der Waals surface area contributed by atoms with Gasteiger partial charge >= 0.3 is 32.1 Å². The largest absolute Gasteiger partial charge is 0.450 e. The fourth-order valence-corrected chi connectivity index (χ4v) is 5.23. The molecule has 0 aliphatic carbocycles.